The highest BCUT2D eigenvalue weighted by Crippen LogP contribution is 2.31. The second kappa shape index (κ2) is 7.90. The summed E-state index contributed by atoms with van der Waals surface area (Å²) in [5, 5.41) is 4.58. The fourth-order valence-electron chi connectivity index (χ4n) is 3.58. The summed E-state index contributed by atoms with van der Waals surface area (Å²) in [6, 6.07) is 0.901. The molecule has 1 saturated heterocycles. The molecule has 2 fully saturated rings. The highest BCUT2D eigenvalue weighted by atomic mass is 32.2. The van der Waals surface area contributed by atoms with Crippen molar-refractivity contribution in [1.29, 1.82) is 0 Å². The van der Waals surface area contributed by atoms with Crippen LogP contribution in [-0.2, 0) is 0 Å². The average molecular weight is 285 g/mol. The minimum Gasteiger partial charge on any atom is -0.316 e. The van der Waals surface area contributed by atoms with Gasteiger partial charge in [-0.25, -0.2) is 0 Å². The Labute approximate surface area is 124 Å². The van der Waals surface area contributed by atoms with E-state index in [1.807, 2.05) is 0 Å². The van der Waals surface area contributed by atoms with E-state index in [-0.39, 0.29) is 0 Å². The zero-order valence-electron chi connectivity index (χ0n) is 13.0. The molecule has 3 heteroatoms. The Morgan fingerprint density at radius 3 is 2.53 bits per heavy atom. The molecule has 1 aliphatic carbocycles. The number of hydrogen-bond acceptors (Lipinski definition) is 3. The fourth-order valence-corrected chi connectivity index (χ4v) is 4.33. The van der Waals surface area contributed by atoms with Crippen LogP contribution in [0.1, 0.15) is 46.0 Å². The molecular weight excluding hydrogens is 252 g/mol. The van der Waals surface area contributed by atoms with Crippen LogP contribution in [0.2, 0.25) is 0 Å². The van der Waals surface area contributed by atoms with Crippen molar-refractivity contribution >= 4 is 11.8 Å². The van der Waals surface area contributed by atoms with E-state index in [0.717, 1.165) is 23.1 Å². The van der Waals surface area contributed by atoms with Gasteiger partial charge in [0.1, 0.15) is 0 Å². The minimum absolute atomic E-state index is 0.777. The first-order valence-corrected chi connectivity index (χ1v) is 9.45. The molecule has 2 nitrogen and oxygen atoms in total. The quantitative estimate of drug-likeness (QED) is 0.806. The Kier molecular flexibility index (Phi) is 6.51. The lowest BCUT2D eigenvalue weighted by Gasteiger charge is -2.34. The molecule has 1 N–H and O–H groups in total. The molecule has 0 radical (unpaired) electrons. The molecule has 1 heterocycles. The van der Waals surface area contributed by atoms with Crippen molar-refractivity contribution in [3.05, 3.63) is 0 Å². The molecule has 1 aliphatic heterocycles. The Morgan fingerprint density at radius 2 is 1.89 bits per heavy atom. The molecule has 1 saturated carbocycles. The van der Waals surface area contributed by atoms with Crippen molar-refractivity contribution in [2.45, 2.75) is 57.2 Å². The monoisotopic (exact) mass is 284 g/mol. The molecule has 0 aromatic carbocycles. The normalized spacial score (nSPS) is 33.2. The Balaban J connectivity index is 1.64. The Morgan fingerprint density at radius 1 is 1.16 bits per heavy atom. The minimum atomic E-state index is 0.777. The van der Waals surface area contributed by atoms with Gasteiger partial charge >= 0.3 is 0 Å². The first-order chi connectivity index (χ1) is 9.19. The number of nitrogens with one attached hydrogen (secondary N) is 1. The van der Waals surface area contributed by atoms with Crippen molar-refractivity contribution in [2.75, 3.05) is 32.4 Å². The van der Waals surface area contributed by atoms with E-state index < -0.39 is 0 Å². The highest BCUT2D eigenvalue weighted by molar-refractivity contribution is 7.99. The van der Waals surface area contributed by atoms with Gasteiger partial charge in [-0.2, -0.15) is 11.8 Å². The molecule has 1 atom stereocenters. The molecule has 2 rings (SSSR count). The molecule has 0 aromatic heterocycles. The third kappa shape index (κ3) is 4.95. The number of rotatable bonds is 6. The zero-order valence-corrected chi connectivity index (χ0v) is 13.8. The maximum absolute atomic E-state index is 3.64. The summed E-state index contributed by atoms with van der Waals surface area (Å²) < 4.78 is 0. The van der Waals surface area contributed by atoms with Gasteiger partial charge in [0.15, 0.2) is 0 Å². The second-order valence-corrected chi connectivity index (χ2v) is 8.01. The van der Waals surface area contributed by atoms with Crippen LogP contribution in [0.5, 0.6) is 0 Å². The van der Waals surface area contributed by atoms with Crippen molar-refractivity contribution in [2.24, 2.45) is 11.8 Å². The molecule has 112 valence electrons. The molecular formula is C16H32N2S. The first kappa shape index (κ1) is 15.7. The van der Waals surface area contributed by atoms with Gasteiger partial charge in [-0.1, -0.05) is 13.8 Å². The van der Waals surface area contributed by atoms with Crippen LogP contribution in [0.15, 0.2) is 0 Å². The average Bonchev–Trinajstić information content (AvgIpc) is 2.87. The van der Waals surface area contributed by atoms with Crippen molar-refractivity contribution < 1.29 is 0 Å². The maximum Gasteiger partial charge on any atom is 0.00961 e. The standard InChI is InChI=1S/C16H32N2S/c1-13(2)10-17-11-14-8-9-18(12-14)15-4-6-16(19-3)7-5-15/h13-17H,4-12H2,1-3H3. The van der Waals surface area contributed by atoms with Gasteiger partial charge in [0.05, 0.1) is 0 Å². The molecule has 0 amide bonds. The molecule has 0 spiro atoms. The van der Waals surface area contributed by atoms with Crippen LogP contribution in [0.4, 0.5) is 0 Å². The van der Waals surface area contributed by atoms with Crippen LogP contribution in [0.25, 0.3) is 0 Å². The predicted molar refractivity (Wildman–Crippen MR) is 86.9 cm³/mol. The highest BCUT2D eigenvalue weighted by Gasteiger charge is 2.30. The largest absolute Gasteiger partial charge is 0.316 e. The lowest BCUT2D eigenvalue weighted by atomic mass is 9.94. The van der Waals surface area contributed by atoms with Gasteiger partial charge in [-0.05, 0) is 69.8 Å². The number of likely N-dealkylation sites (tertiary alicyclic amines) is 1. The zero-order chi connectivity index (χ0) is 13.7. The summed E-state index contributed by atoms with van der Waals surface area (Å²) in [7, 11) is 0. The third-order valence-electron chi connectivity index (χ3n) is 4.80. The summed E-state index contributed by atoms with van der Waals surface area (Å²) in [6.07, 6.45) is 9.46. The van der Waals surface area contributed by atoms with Crippen LogP contribution < -0.4 is 5.32 Å². The summed E-state index contributed by atoms with van der Waals surface area (Å²) in [5.74, 6) is 1.68. The van der Waals surface area contributed by atoms with E-state index in [2.05, 4.69) is 42.1 Å². The van der Waals surface area contributed by atoms with E-state index in [4.69, 9.17) is 0 Å². The van der Waals surface area contributed by atoms with Crippen LogP contribution in [-0.4, -0.2) is 48.6 Å². The third-order valence-corrected chi connectivity index (χ3v) is 5.93. The smallest absolute Gasteiger partial charge is 0.00961 e. The Hall–Kier alpha value is 0.270. The lowest BCUT2D eigenvalue weighted by Crippen LogP contribution is -2.38. The van der Waals surface area contributed by atoms with E-state index in [1.165, 1.54) is 58.3 Å². The number of hydrogen-bond donors (Lipinski definition) is 1. The van der Waals surface area contributed by atoms with Crippen LogP contribution in [0.3, 0.4) is 0 Å². The van der Waals surface area contributed by atoms with E-state index in [0.29, 0.717) is 0 Å². The van der Waals surface area contributed by atoms with Gasteiger partial charge in [0.2, 0.25) is 0 Å². The molecule has 19 heavy (non-hydrogen) atoms. The van der Waals surface area contributed by atoms with E-state index >= 15 is 0 Å². The second-order valence-electron chi connectivity index (χ2n) is 6.87. The summed E-state index contributed by atoms with van der Waals surface area (Å²) >= 11 is 2.08. The van der Waals surface area contributed by atoms with Crippen molar-refractivity contribution in [3.8, 4) is 0 Å². The van der Waals surface area contributed by atoms with Crippen molar-refractivity contribution in [1.82, 2.24) is 10.2 Å². The topological polar surface area (TPSA) is 15.3 Å². The number of thioether (sulfide) groups is 1. The fraction of sp³-hybridized carbons (Fsp3) is 1.00. The first-order valence-electron chi connectivity index (χ1n) is 8.16. The summed E-state index contributed by atoms with van der Waals surface area (Å²) in [5.41, 5.74) is 0. The van der Waals surface area contributed by atoms with Gasteiger partial charge < -0.3 is 10.2 Å². The van der Waals surface area contributed by atoms with Gasteiger partial charge in [0.25, 0.3) is 0 Å². The van der Waals surface area contributed by atoms with Crippen LogP contribution >= 0.6 is 11.8 Å². The lowest BCUT2D eigenvalue weighted by molar-refractivity contribution is 0.187. The predicted octanol–water partition coefficient (Wildman–Crippen LogP) is 3.23. The SMILES string of the molecule is CSC1CCC(N2CCC(CNCC(C)C)C2)CC1. The molecule has 2 aliphatic rings. The molecule has 0 aromatic rings. The molecule has 0 bridgehead atoms. The van der Waals surface area contributed by atoms with E-state index in [1.54, 1.807) is 0 Å². The summed E-state index contributed by atoms with van der Waals surface area (Å²) in [6.45, 7) is 9.68. The van der Waals surface area contributed by atoms with Crippen molar-refractivity contribution in [3.63, 3.8) is 0 Å². The maximum atomic E-state index is 3.64. The van der Waals surface area contributed by atoms with E-state index in [9.17, 15) is 0 Å². The summed E-state index contributed by atoms with van der Waals surface area (Å²) in [4.78, 5) is 2.79. The number of nitrogens with zero attached hydrogens (tertiary/aromatic N) is 1. The van der Waals surface area contributed by atoms with Crippen LogP contribution in [0, 0.1) is 11.8 Å². The Bertz CT molecular complexity index is 249. The van der Waals surface area contributed by atoms with Gasteiger partial charge in [0, 0.05) is 17.8 Å². The molecule has 1 unspecified atom stereocenters. The van der Waals surface area contributed by atoms with Gasteiger partial charge in [-0.3, -0.25) is 0 Å². The van der Waals surface area contributed by atoms with Gasteiger partial charge in [-0.15, -0.1) is 0 Å².